The molecule has 2 aromatic heterocycles. The van der Waals surface area contributed by atoms with Crippen molar-refractivity contribution in [1.82, 2.24) is 25.2 Å². The lowest BCUT2D eigenvalue weighted by molar-refractivity contribution is 0.0600. The number of morpholine rings is 1. The van der Waals surface area contributed by atoms with Crippen LogP contribution >= 0.6 is 0 Å². The minimum atomic E-state index is -0.439. The number of carbonyl (C=O) groups excluding carboxylic acids is 1. The summed E-state index contributed by atoms with van der Waals surface area (Å²) in [5.74, 6) is 0.686. The number of methoxy groups -OCH3 is 1. The molecule has 0 bridgehead atoms. The maximum Gasteiger partial charge on any atom is 0.341 e. The van der Waals surface area contributed by atoms with Gasteiger partial charge < -0.3 is 14.4 Å². The van der Waals surface area contributed by atoms with Gasteiger partial charge >= 0.3 is 5.97 Å². The summed E-state index contributed by atoms with van der Waals surface area (Å²) in [6, 6.07) is 1.70. The summed E-state index contributed by atoms with van der Waals surface area (Å²) in [5, 5.41) is 11.3. The van der Waals surface area contributed by atoms with E-state index in [4.69, 9.17) is 9.47 Å². The molecule has 2 aromatic rings. The highest BCUT2D eigenvalue weighted by Crippen LogP contribution is 2.25. The van der Waals surface area contributed by atoms with Crippen molar-refractivity contribution in [3.8, 4) is 11.4 Å². The van der Waals surface area contributed by atoms with Gasteiger partial charge in [-0.3, -0.25) is 0 Å². The zero-order valence-electron chi connectivity index (χ0n) is 12.4. The lowest BCUT2D eigenvalue weighted by Gasteiger charge is -2.29. The van der Waals surface area contributed by atoms with E-state index in [-0.39, 0.29) is 0 Å². The molecule has 0 saturated carbocycles. The number of aryl methyl sites for hydroxylation is 1. The average molecular weight is 304 g/mol. The van der Waals surface area contributed by atoms with Crippen molar-refractivity contribution in [3.05, 3.63) is 17.8 Å². The summed E-state index contributed by atoms with van der Waals surface area (Å²) in [7, 11) is 3.07. The molecule has 1 saturated heterocycles. The lowest BCUT2D eigenvalue weighted by Crippen LogP contribution is -2.37. The van der Waals surface area contributed by atoms with Crippen LogP contribution in [0.2, 0.25) is 0 Å². The fraction of sp³-hybridized carbons (Fsp3) is 0.462. The predicted molar refractivity (Wildman–Crippen MR) is 76.4 cm³/mol. The Bertz CT molecular complexity index is 680. The second kappa shape index (κ2) is 6.06. The minimum Gasteiger partial charge on any atom is -0.465 e. The van der Waals surface area contributed by atoms with Gasteiger partial charge in [-0.25, -0.2) is 14.5 Å². The first-order valence-electron chi connectivity index (χ1n) is 6.84. The normalized spacial score (nSPS) is 14.9. The van der Waals surface area contributed by atoms with Gasteiger partial charge in [0.15, 0.2) is 5.82 Å². The quantitative estimate of drug-likeness (QED) is 0.725. The number of rotatable bonds is 3. The van der Waals surface area contributed by atoms with Gasteiger partial charge in [-0.15, -0.1) is 5.10 Å². The summed E-state index contributed by atoms with van der Waals surface area (Å²) < 4.78 is 11.7. The third kappa shape index (κ3) is 2.62. The maximum atomic E-state index is 12.1. The first-order chi connectivity index (χ1) is 10.7. The lowest BCUT2D eigenvalue weighted by atomic mass is 10.1. The van der Waals surface area contributed by atoms with E-state index in [1.807, 2.05) is 4.90 Å². The molecule has 0 unspecified atom stereocenters. The van der Waals surface area contributed by atoms with Crippen molar-refractivity contribution in [2.24, 2.45) is 7.05 Å². The Kier molecular flexibility index (Phi) is 3.96. The molecule has 0 amide bonds. The second-order valence-corrected chi connectivity index (χ2v) is 4.81. The third-order valence-corrected chi connectivity index (χ3v) is 3.46. The van der Waals surface area contributed by atoms with Crippen LogP contribution in [0.15, 0.2) is 12.3 Å². The summed E-state index contributed by atoms with van der Waals surface area (Å²) in [5.41, 5.74) is 1.05. The fourth-order valence-electron chi connectivity index (χ4n) is 2.34. The van der Waals surface area contributed by atoms with Crippen molar-refractivity contribution in [3.63, 3.8) is 0 Å². The Labute approximate surface area is 126 Å². The van der Waals surface area contributed by atoms with Gasteiger partial charge in [0.25, 0.3) is 0 Å². The molecule has 0 atom stereocenters. The van der Waals surface area contributed by atoms with Gasteiger partial charge in [0.1, 0.15) is 11.4 Å². The summed E-state index contributed by atoms with van der Waals surface area (Å²) in [6.07, 6.45) is 1.66. The van der Waals surface area contributed by atoms with E-state index >= 15 is 0 Å². The van der Waals surface area contributed by atoms with Gasteiger partial charge in [-0.05, 0) is 16.5 Å². The maximum absolute atomic E-state index is 12.1. The Morgan fingerprint density at radius 1 is 1.36 bits per heavy atom. The van der Waals surface area contributed by atoms with E-state index < -0.39 is 5.97 Å². The fourth-order valence-corrected chi connectivity index (χ4v) is 2.34. The molecule has 1 aliphatic heterocycles. The molecule has 9 nitrogen and oxygen atoms in total. The van der Waals surface area contributed by atoms with Crippen molar-refractivity contribution in [2.75, 3.05) is 38.3 Å². The standard InChI is InChI=1S/C13H16N6O3/c1-18-11(15-16-17-18)9-7-10(13(20)21-2)12(14-8-9)19-3-5-22-6-4-19/h7-8H,3-6H2,1-2H3. The van der Waals surface area contributed by atoms with Crippen LogP contribution < -0.4 is 4.90 Å². The van der Waals surface area contributed by atoms with Gasteiger partial charge in [-0.2, -0.15) is 0 Å². The Balaban J connectivity index is 2.03. The predicted octanol–water partition coefficient (Wildman–Crippen LogP) is -0.105. The van der Waals surface area contributed by atoms with Crippen LogP contribution in [0.4, 0.5) is 5.82 Å². The van der Waals surface area contributed by atoms with Crippen molar-refractivity contribution in [1.29, 1.82) is 0 Å². The van der Waals surface area contributed by atoms with Crippen LogP contribution in [0.1, 0.15) is 10.4 Å². The molecular formula is C13H16N6O3. The van der Waals surface area contributed by atoms with Gasteiger partial charge in [0, 0.05) is 31.9 Å². The number of hydrogen-bond acceptors (Lipinski definition) is 8. The number of ether oxygens (including phenoxy) is 2. The number of anilines is 1. The molecule has 3 rings (SSSR count). The number of aromatic nitrogens is 5. The first kappa shape index (κ1) is 14.4. The molecule has 9 heteroatoms. The largest absolute Gasteiger partial charge is 0.465 e. The van der Waals surface area contributed by atoms with E-state index in [1.54, 1.807) is 19.3 Å². The molecule has 22 heavy (non-hydrogen) atoms. The molecule has 0 N–H and O–H groups in total. The molecule has 3 heterocycles. The molecule has 1 fully saturated rings. The number of carbonyl (C=O) groups is 1. The van der Waals surface area contributed by atoms with Crippen molar-refractivity contribution >= 4 is 11.8 Å². The summed E-state index contributed by atoms with van der Waals surface area (Å²) in [4.78, 5) is 18.5. The topological polar surface area (TPSA) is 95.3 Å². The number of pyridine rings is 1. The molecule has 116 valence electrons. The highest BCUT2D eigenvalue weighted by molar-refractivity contribution is 5.96. The molecule has 0 aromatic carbocycles. The van der Waals surface area contributed by atoms with Crippen LogP contribution in [-0.4, -0.2) is 64.6 Å². The smallest absolute Gasteiger partial charge is 0.341 e. The van der Waals surface area contributed by atoms with Gasteiger partial charge in [0.05, 0.1) is 20.3 Å². The third-order valence-electron chi connectivity index (χ3n) is 3.46. The first-order valence-corrected chi connectivity index (χ1v) is 6.84. The van der Waals surface area contributed by atoms with E-state index in [1.165, 1.54) is 11.8 Å². The van der Waals surface area contributed by atoms with Crippen molar-refractivity contribution < 1.29 is 14.3 Å². The highest BCUT2D eigenvalue weighted by atomic mass is 16.5. The minimum absolute atomic E-state index is 0.393. The van der Waals surface area contributed by atoms with Crippen LogP contribution in [-0.2, 0) is 16.5 Å². The second-order valence-electron chi connectivity index (χ2n) is 4.81. The number of esters is 1. The molecule has 0 radical (unpaired) electrons. The van der Waals surface area contributed by atoms with Crippen molar-refractivity contribution in [2.45, 2.75) is 0 Å². The van der Waals surface area contributed by atoms with Crippen LogP contribution in [0.3, 0.4) is 0 Å². The monoisotopic (exact) mass is 304 g/mol. The van der Waals surface area contributed by atoms with E-state index in [0.717, 1.165) is 0 Å². The Hall–Kier alpha value is -2.55. The number of tetrazole rings is 1. The SMILES string of the molecule is COC(=O)c1cc(-c2nnnn2C)cnc1N1CCOCC1. The van der Waals surface area contributed by atoms with Crippen LogP contribution in [0, 0.1) is 0 Å². The van der Waals surface area contributed by atoms with E-state index in [2.05, 4.69) is 20.5 Å². The Morgan fingerprint density at radius 2 is 2.14 bits per heavy atom. The summed E-state index contributed by atoms with van der Waals surface area (Å²) in [6.45, 7) is 2.58. The van der Waals surface area contributed by atoms with Crippen LogP contribution in [0.25, 0.3) is 11.4 Å². The number of hydrogen-bond donors (Lipinski definition) is 0. The highest BCUT2D eigenvalue weighted by Gasteiger charge is 2.22. The summed E-state index contributed by atoms with van der Waals surface area (Å²) >= 11 is 0. The zero-order chi connectivity index (χ0) is 15.5. The molecular weight excluding hydrogens is 288 g/mol. The van der Waals surface area contributed by atoms with Crippen LogP contribution in [0.5, 0.6) is 0 Å². The van der Waals surface area contributed by atoms with Gasteiger partial charge in [-0.1, -0.05) is 0 Å². The van der Waals surface area contributed by atoms with E-state index in [9.17, 15) is 4.79 Å². The van der Waals surface area contributed by atoms with E-state index in [0.29, 0.717) is 49.1 Å². The number of nitrogens with zero attached hydrogens (tertiary/aromatic N) is 6. The van der Waals surface area contributed by atoms with Gasteiger partial charge in [0.2, 0.25) is 0 Å². The molecule has 0 spiro atoms. The zero-order valence-corrected chi connectivity index (χ0v) is 12.4. The Morgan fingerprint density at radius 3 is 2.77 bits per heavy atom. The average Bonchev–Trinajstić information content (AvgIpc) is 3.00. The molecule has 1 aliphatic rings. The molecule has 0 aliphatic carbocycles.